The van der Waals surface area contributed by atoms with Crippen LogP contribution in [0.2, 0.25) is 0 Å². The van der Waals surface area contributed by atoms with E-state index < -0.39 is 0 Å². The summed E-state index contributed by atoms with van der Waals surface area (Å²) in [5.41, 5.74) is 4.24. The highest BCUT2D eigenvalue weighted by Gasteiger charge is 2.27. The summed E-state index contributed by atoms with van der Waals surface area (Å²) >= 11 is 0. The highest BCUT2D eigenvalue weighted by atomic mass is 16.5. The molecule has 2 aliphatic heterocycles. The van der Waals surface area contributed by atoms with Gasteiger partial charge in [-0.15, -0.1) is 0 Å². The first-order valence-corrected chi connectivity index (χ1v) is 12.6. The lowest BCUT2D eigenvalue weighted by Gasteiger charge is -2.26. The Labute approximate surface area is 206 Å². The summed E-state index contributed by atoms with van der Waals surface area (Å²) in [7, 11) is 0. The zero-order valence-electron chi connectivity index (χ0n) is 20.6. The van der Waals surface area contributed by atoms with Gasteiger partial charge in [-0.1, -0.05) is 19.9 Å². The number of aromatic nitrogens is 2. The number of benzene rings is 2. The Kier molecular flexibility index (Phi) is 6.92. The van der Waals surface area contributed by atoms with E-state index in [1.807, 2.05) is 18.2 Å². The van der Waals surface area contributed by atoms with Crippen LogP contribution in [-0.4, -0.2) is 70.3 Å². The average molecular weight is 478 g/mol. The number of nitrogens with one attached hydrogen (secondary N) is 2. The molecule has 0 spiro atoms. The molecule has 0 aliphatic carbocycles. The van der Waals surface area contributed by atoms with Crippen LogP contribution in [0.3, 0.4) is 0 Å². The second kappa shape index (κ2) is 10.3. The van der Waals surface area contributed by atoms with Gasteiger partial charge in [-0.05, 0) is 48.1 Å². The van der Waals surface area contributed by atoms with Crippen molar-refractivity contribution in [2.45, 2.75) is 39.8 Å². The molecule has 8 nitrogen and oxygen atoms in total. The minimum Gasteiger partial charge on any atom is -0.507 e. The molecule has 35 heavy (non-hydrogen) atoms. The normalized spacial score (nSPS) is 16.3. The van der Waals surface area contributed by atoms with Crippen molar-refractivity contribution in [1.29, 1.82) is 0 Å². The lowest BCUT2D eigenvalue weighted by atomic mass is 10.0. The quantitative estimate of drug-likeness (QED) is 0.461. The first-order chi connectivity index (χ1) is 17.0. The highest BCUT2D eigenvalue weighted by Crippen LogP contribution is 2.32. The van der Waals surface area contributed by atoms with E-state index in [0.29, 0.717) is 31.2 Å². The number of H-pyrrole nitrogens is 1. The topological polar surface area (TPSA) is 93.7 Å². The van der Waals surface area contributed by atoms with Crippen molar-refractivity contribution in [2.75, 3.05) is 39.3 Å². The summed E-state index contributed by atoms with van der Waals surface area (Å²) in [5.74, 6) is 1.22. The maximum absolute atomic E-state index is 13.4. The summed E-state index contributed by atoms with van der Waals surface area (Å²) in [6.07, 6.45) is 1.86. The SMILES string of the molecule is CC(C)CCc1n[nH]c2cc(O)c(C(=O)N3Cc4ccc(OCCN5CCNCC5)cc4C3)cc12. The third-order valence-corrected chi connectivity index (χ3v) is 7.02. The van der Waals surface area contributed by atoms with Crippen LogP contribution in [0.1, 0.15) is 47.4 Å². The van der Waals surface area contributed by atoms with Crippen LogP contribution < -0.4 is 10.1 Å². The van der Waals surface area contributed by atoms with E-state index in [1.54, 1.807) is 17.0 Å². The molecule has 1 aromatic heterocycles. The molecule has 0 radical (unpaired) electrons. The van der Waals surface area contributed by atoms with Gasteiger partial charge in [0.25, 0.3) is 5.91 Å². The van der Waals surface area contributed by atoms with Crippen molar-refractivity contribution in [3.05, 3.63) is 52.7 Å². The number of phenolic OH excluding ortho intramolecular Hbond substituents is 1. The molecule has 2 aromatic carbocycles. The fraction of sp³-hybridized carbons (Fsp3) is 0.481. The number of aromatic amines is 1. The predicted octanol–water partition coefficient (Wildman–Crippen LogP) is 3.30. The number of nitrogens with zero attached hydrogens (tertiary/aromatic N) is 3. The fourth-order valence-corrected chi connectivity index (χ4v) is 4.90. The Morgan fingerprint density at radius 2 is 1.94 bits per heavy atom. The van der Waals surface area contributed by atoms with Gasteiger partial charge in [0.2, 0.25) is 0 Å². The van der Waals surface area contributed by atoms with E-state index in [4.69, 9.17) is 4.74 Å². The Morgan fingerprint density at radius 3 is 2.74 bits per heavy atom. The molecule has 5 rings (SSSR count). The van der Waals surface area contributed by atoms with E-state index in [9.17, 15) is 9.90 Å². The molecule has 1 fully saturated rings. The van der Waals surface area contributed by atoms with Gasteiger partial charge in [0, 0.05) is 57.3 Å². The lowest BCUT2D eigenvalue weighted by Crippen LogP contribution is -2.44. The fourth-order valence-electron chi connectivity index (χ4n) is 4.90. The summed E-state index contributed by atoms with van der Waals surface area (Å²) < 4.78 is 6.01. The Hall–Kier alpha value is -3.10. The molecule has 0 saturated carbocycles. The maximum Gasteiger partial charge on any atom is 0.258 e. The van der Waals surface area contributed by atoms with Crippen molar-refractivity contribution in [1.82, 2.24) is 25.3 Å². The first kappa shape index (κ1) is 23.6. The molecule has 1 saturated heterocycles. The van der Waals surface area contributed by atoms with Gasteiger partial charge < -0.3 is 20.1 Å². The smallest absolute Gasteiger partial charge is 0.258 e. The summed E-state index contributed by atoms with van der Waals surface area (Å²) in [4.78, 5) is 17.6. The van der Waals surface area contributed by atoms with Gasteiger partial charge in [-0.2, -0.15) is 5.10 Å². The largest absolute Gasteiger partial charge is 0.507 e. The van der Waals surface area contributed by atoms with Crippen molar-refractivity contribution in [3.8, 4) is 11.5 Å². The molecule has 0 atom stereocenters. The van der Waals surface area contributed by atoms with Crippen molar-refractivity contribution < 1.29 is 14.6 Å². The number of fused-ring (bicyclic) bond motifs is 2. The molecule has 1 amide bonds. The molecule has 186 valence electrons. The van der Waals surface area contributed by atoms with Crippen LogP contribution in [0, 0.1) is 5.92 Å². The summed E-state index contributed by atoms with van der Waals surface area (Å²) in [6, 6.07) is 9.48. The van der Waals surface area contributed by atoms with Gasteiger partial charge in [0.05, 0.1) is 16.8 Å². The molecule has 0 bridgehead atoms. The molecular formula is C27H35N5O3. The van der Waals surface area contributed by atoms with Crippen LogP contribution >= 0.6 is 0 Å². The van der Waals surface area contributed by atoms with Gasteiger partial charge in [0.1, 0.15) is 18.1 Å². The van der Waals surface area contributed by atoms with Gasteiger partial charge in [0.15, 0.2) is 0 Å². The number of phenols is 1. The molecule has 8 heteroatoms. The van der Waals surface area contributed by atoms with Crippen LogP contribution in [0.5, 0.6) is 11.5 Å². The zero-order chi connectivity index (χ0) is 24.4. The molecule has 3 N–H and O–H groups in total. The Balaban J connectivity index is 1.25. The van der Waals surface area contributed by atoms with E-state index >= 15 is 0 Å². The predicted molar refractivity (Wildman–Crippen MR) is 136 cm³/mol. The number of carbonyl (C=O) groups is 1. The van der Waals surface area contributed by atoms with Crippen molar-refractivity contribution in [2.24, 2.45) is 5.92 Å². The van der Waals surface area contributed by atoms with Crippen molar-refractivity contribution in [3.63, 3.8) is 0 Å². The highest BCUT2D eigenvalue weighted by molar-refractivity contribution is 6.01. The van der Waals surface area contributed by atoms with E-state index in [1.165, 1.54) is 0 Å². The second-order valence-electron chi connectivity index (χ2n) is 10.0. The van der Waals surface area contributed by atoms with Crippen LogP contribution in [-0.2, 0) is 19.5 Å². The number of aryl methyl sites for hydroxylation is 1. The average Bonchev–Trinajstić information content (AvgIpc) is 3.45. The first-order valence-electron chi connectivity index (χ1n) is 12.6. The van der Waals surface area contributed by atoms with Gasteiger partial charge in [-0.3, -0.25) is 14.8 Å². The number of carbonyl (C=O) groups excluding carboxylic acids is 1. The standard InChI is InChI=1S/C27H35N5O3/c1-18(2)3-6-24-22-14-23(26(33)15-25(22)30-29-24)27(34)32-16-19-4-5-21(13-20(19)17-32)35-12-11-31-9-7-28-8-10-31/h4-5,13-15,18,28,33H,3,6-12,16-17H2,1-2H3,(H,29,30). The van der Waals surface area contributed by atoms with E-state index in [2.05, 4.69) is 34.3 Å². The number of rotatable bonds is 8. The number of amides is 1. The molecular weight excluding hydrogens is 442 g/mol. The third kappa shape index (κ3) is 5.28. The summed E-state index contributed by atoms with van der Waals surface area (Å²) in [5, 5.41) is 22.3. The maximum atomic E-state index is 13.4. The van der Waals surface area contributed by atoms with E-state index in [0.717, 1.165) is 79.0 Å². The monoisotopic (exact) mass is 477 g/mol. The van der Waals surface area contributed by atoms with Crippen LogP contribution in [0.15, 0.2) is 30.3 Å². The molecule has 3 aromatic rings. The van der Waals surface area contributed by atoms with E-state index in [-0.39, 0.29) is 11.7 Å². The van der Waals surface area contributed by atoms with Crippen molar-refractivity contribution >= 4 is 16.8 Å². The molecule has 3 heterocycles. The Morgan fingerprint density at radius 1 is 1.14 bits per heavy atom. The van der Waals surface area contributed by atoms with Crippen LogP contribution in [0.25, 0.3) is 10.9 Å². The van der Waals surface area contributed by atoms with Gasteiger partial charge >= 0.3 is 0 Å². The number of hydrogen-bond donors (Lipinski definition) is 3. The third-order valence-electron chi connectivity index (χ3n) is 7.02. The molecule has 0 unspecified atom stereocenters. The summed E-state index contributed by atoms with van der Waals surface area (Å²) in [6.45, 7) is 11.1. The zero-order valence-corrected chi connectivity index (χ0v) is 20.6. The number of piperazine rings is 1. The number of hydrogen-bond acceptors (Lipinski definition) is 6. The minimum atomic E-state index is -0.169. The van der Waals surface area contributed by atoms with Gasteiger partial charge in [-0.25, -0.2) is 0 Å². The van der Waals surface area contributed by atoms with Crippen LogP contribution in [0.4, 0.5) is 0 Å². The number of aromatic hydroxyl groups is 1. The molecule has 2 aliphatic rings. The second-order valence-corrected chi connectivity index (χ2v) is 10.0. The number of ether oxygens (including phenoxy) is 1. The minimum absolute atomic E-state index is 0.0190. The lowest BCUT2D eigenvalue weighted by molar-refractivity contribution is 0.0748. The Bertz CT molecular complexity index is 1200.